The second-order valence-corrected chi connectivity index (χ2v) is 33.3. The van der Waals surface area contributed by atoms with Crippen molar-refractivity contribution < 1.29 is 153 Å². The van der Waals surface area contributed by atoms with Gasteiger partial charge in [0, 0.05) is 80.0 Å². The van der Waals surface area contributed by atoms with Gasteiger partial charge in [-0.2, -0.15) is 0 Å². The predicted molar refractivity (Wildman–Crippen MR) is 465 cm³/mol. The molecule has 1 aliphatic rings. The van der Waals surface area contributed by atoms with E-state index in [9.17, 15) is 76.7 Å². The standard InChI is InChI=1S/C48H64N2O16.C44H62N2O16/c1-29(2)37(51)59-21-47(22-60-38(52)30(3)4,23-61-39(53)31(5)6)27-65-43(57)49-45(13,14)35-18-17-19-36(20-35)46(15,16)50-44(58)66-28-48(24-62-40(54)32(7)8,25-63-41(55)33(9)10)26-64-42(56)34(11)12;1-27(2)35(47)55-19-43(20-56-36(48)28(3)4,21-57-37(49)29(5)6)25-61-41(53)45-17-33-14-13-15-34(16-33)18-46-42(54)62-26-44(22-58-38(50)30(7)8,23-59-39(51)31(9)10)24-60-40(52)32(11)12/h17-20H,1,3,5,7,9,11,21-28H2,2,4,6,8,10,12-16H3,(H,49,57)(H,50,58);33-34H,1,3,5,7,9,11,13-26H2,2,4,6,8,10,12H3,(H,45,53)(H,46,54). The van der Waals surface area contributed by atoms with E-state index in [0.29, 0.717) is 17.5 Å². The maximum Gasteiger partial charge on any atom is 0.407 e. The molecule has 4 N–H and O–H groups in total. The van der Waals surface area contributed by atoms with Crippen LogP contribution in [0, 0.1) is 33.5 Å². The second-order valence-electron chi connectivity index (χ2n) is 33.3. The fraction of sp³-hybridized carbons (Fsp3) is 0.500. The molecule has 0 spiro atoms. The third-order valence-corrected chi connectivity index (χ3v) is 18.4. The summed E-state index contributed by atoms with van der Waals surface area (Å²) in [6, 6.07) is 6.83. The molecule has 0 saturated heterocycles. The second kappa shape index (κ2) is 53.3. The molecule has 36 heteroatoms. The molecule has 128 heavy (non-hydrogen) atoms. The zero-order chi connectivity index (χ0) is 98.0. The van der Waals surface area contributed by atoms with Crippen molar-refractivity contribution >= 4 is 96.0 Å². The molecule has 0 aliphatic heterocycles. The lowest BCUT2D eigenvalue weighted by Gasteiger charge is -2.34. The summed E-state index contributed by atoms with van der Waals surface area (Å²) in [4.78, 5) is 201. The summed E-state index contributed by atoms with van der Waals surface area (Å²) >= 11 is 0. The van der Waals surface area contributed by atoms with Gasteiger partial charge in [-0.25, -0.2) is 76.7 Å². The molecule has 0 aromatic heterocycles. The molecule has 1 aromatic carbocycles. The monoisotopic (exact) mass is 1800 g/mol. The molecular formula is C92H126N4O32. The van der Waals surface area contributed by atoms with Crippen molar-refractivity contribution in [2.24, 2.45) is 33.5 Å². The van der Waals surface area contributed by atoms with Crippen molar-refractivity contribution in [2.75, 3.05) is 119 Å². The van der Waals surface area contributed by atoms with Crippen LogP contribution in [0.4, 0.5) is 19.2 Å². The predicted octanol–water partition coefficient (Wildman–Crippen LogP) is 11.2. The first-order valence-corrected chi connectivity index (χ1v) is 40.0. The molecule has 36 nitrogen and oxygen atoms in total. The topological polar surface area (TPSA) is 469 Å². The summed E-state index contributed by atoms with van der Waals surface area (Å²) in [5.74, 6) is -9.48. The van der Waals surface area contributed by atoms with Gasteiger partial charge in [-0.1, -0.05) is 110 Å². The Morgan fingerprint density at radius 1 is 0.266 bits per heavy atom. The van der Waals surface area contributed by atoms with Crippen LogP contribution >= 0.6 is 0 Å². The summed E-state index contributed by atoms with van der Waals surface area (Å²) in [6.07, 6.45) is -0.714. The maximum atomic E-state index is 13.5. The molecule has 1 fully saturated rings. The van der Waals surface area contributed by atoms with Crippen molar-refractivity contribution in [1.29, 1.82) is 0 Å². The fourth-order valence-corrected chi connectivity index (χ4v) is 10.3. The Morgan fingerprint density at radius 2 is 0.422 bits per heavy atom. The minimum Gasteiger partial charge on any atom is -0.461 e. The molecule has 0 radical (unpaired) electrons. The van der Waals surface area contributed by atoms with Gasteiger partial charge in [0.1, 0.15) is 127 Å². The van der Waals surface area contributed by atoms with E-state index in [1.807, 2.05) is 0 Å². The number of rotatable bonds is 52. The SMILES string of the molecule is C=C(C)C(=O)OCC(COC(=O)NC(C)(C)c1cccc(C(C)(C)NC(=O)OCC(COC(=O)C(=C)C)(COC(=O)C(=C)C)COC(=O)C(=C)C)c1)(COC(=O)C(=C)C)COC(=O)C(=C)C.C=C(C)C(=O)OCC(COC(=O)NCC1CCCC(CNC(=O)OCC(COC(=O)C(=C)C)(COC(=O)C(=C)C)COC(=O)C(=C)C)C1)(COC(=O)C(=C)C)COC(=O)C(=C)C. The minimum atomic E-state index is -1.59. The molecule has 1 aromatic rings. The third kappa shape index (κ3) is 42.2. The highest BCUT2D eigenvalue weighted by Gasteiger charge is 2.44. The summed E-state index contributed by atoms with van der Waals surface area (Å²) in [6.45, 7) is 58.6. The first kappa shape index (κ1) is 113. The van der Waals surface area contributed by atoms with Crippen LogP contribution in [0.3, 0.4) is 0 Å². The molecule has 4 amide bonds. The average molecular weight is 1800 g/mol. The highest BCUT2D eigenvalue weighted by molar-refractivity contribution is 5.92. The lowest BCUT2D eigenvalue weighted by molar-refractivity contribution is -0.162. The number of hydrogen-bond donors (Lipinski definition) is 4. The number of amides is 4. The molecule has 2 unspecified atom stereocenters. The number of hydrogen-bond acceptors (Lipinski definition) is 32. The summed E-state index contributed by atoms with van der Waals surface area (Å²) in [7, 11) is 0. The van der Waals surface area contributed by atoms with Crippen molar-refractivity contribution in [3.8, 4) is 0 Å². The number of nitrogens with one attached hydrogen (secondary N) is 4. The van der Waals surface area contributed by atoms with Crippen molar-refractivity contribution in [3.05, 3.63) is 181 Å². The number of carbonyl (C=O) groups excluding carboxylic acids is 16. The summed E-state index contributed by atoms with van der Waals surface area (Å²) in [5.41, 5.74) is -6.66. The zero-order valence-corrected chi connectivity index (χ0v) is 76.6. The molecule has 2 rings (SSSR count). The lowest BCUT2D eigenvalue weighted by Crippen LogP contribution is -2.47. The van der Waals surface area contributed by atoms with E-state index in [1.54, 1.807) is 52.0 Å². The van der Waals surface area contributed by atoms with Gasteiger partial charge in [0.25, 0.3) is 0 Å². The fourth-order valence-electron chi connectivity index (χ4n) is 10.3. The van der Waals surface area contributed by atoms with E-state index in [1.165, 1.54) is 83.1 Å². The summed E-state index contributed by atoms with van der Waals surface area (Å²) in [5, 5.41) is 11.0. The van der Waals surface area contributed by atoms with E-state index in [0.717, 1.165) is 19.3 Å². The van der Waals surface area contributed by atoms with Gasteiger partial charge in [-0.05, 0) is 153 Å². The van der Waals surface area contributed by atoms with Gasteiger partial charge < -0.3 is 97.1 Å². The third-order valence-electron chi connectivity index (χ3n) is 18.4. The lowest BCUT2D eigenvalue weighted by atomic mass is 9.81. The summed E-state index contributed by atoms with van der Waals surface area (Å²) < 4.78 is 86.4. The van der Waals surface area contributed by atoms with E-state index in [4.69, 9.17) is 75.8 Å². The first-order chi connectivity index (χ1) is 59.3. The highest BCUT2D eigenvalue weighted by atomic mass is 16.6. The van der Waals surface area contributed by atoms with E-state index in [2.05, 4.69) is 100 Å². The number of carbonyl (C=O) groups is 16. The number of alkyl carbamates (subject to hydrolysis) is 4. The van der Waals surface area contributed by atoms with Crippen LogP contribution < -0.4 is 21.3 Å². The van der Waals surface area contributed by atoms with Gasteiger partial charge in [0.2, 0.25) is 0 Å². The van der Waals surface area contributed by atoms with Crippen LogP contribution in [0.1, 0.15) is 148 Å². The zero-order valence-electron chi connectivity index (χ0n) is 76.6. The van der Waals surface area contributed by atoms with Crippen LogP contribution in [0.5, 0.6) is 0 Å². The largest absolute Gasteiger partial charge is 0.461 e. The average Bonchev–Trinajstić information content (AvgIpc) is 0.847. The first-order valence-electron chi connectivity index (χ1n) is 40.0. The molecule has 1 aliphatic carbocycles. The molecule has 1 saturated carbocycles. The Balaban J connectivity index is 0.00000128. The quantitative estimate of drug-likeness (QED) is 0.0267. The molecular weight excluding hydrogens is 1670 g/mol. The van der Waals surface area contributed by atoms with Gasteiger partial charge in [0.05, 0.1) is 11.1 Å². The number of esters is 12. The van der Waals surface area contributed by atoms with Crippen molar-refractivity contribution in [3.63, 3.8) is 0 Å². The Morgan fingerprint density at radius 3 is 0.586 bits per heavy atom. The Hall–Kier alpha value is -13.2. The van der Waals surface area contributed by atoms with Crippen LogP contribution in [-0.4, -0.2) is 215 Å². The van der Waals surface area contributed by atoms with Gasteiger partial charge in [-0.3, -0.25) is 0 Å². The van der Waals surface area contributed by atoms with E-state index < -0.39 is 234 Å². The molecule has 0 heterocycles. The molecule has 706 valence electrons. The molecule has 2 atom stereocenters. The van der Waals surface area contributed by atoms with Gasteiger partial charge in [-0.15, -0.1) is 0 Å². The Kier molecular flexibility index (Phi) is 47.0. The Bertz CT molecular complexity index is 3850. The van der Waals surface area contributed by atoms with Crippen LogP contribution in [-0.2, 0) is 144 Å². The van der Waals surface area contributed by atoms with Gasteiger partial charge >= 0.3 is 96.0 Å². The van der Waals surface area contributed by atoms with Crippen LogP contribution in [0.2, 0.25) is 0 Å². The number of ether oxygens (including phenoxy) is 16. The Labute approximate surface area is 747 Å². The minimum absolute atomic E-state index is 0.0184. The highest BCUT2D eigenvalue weighted by Crippen LogP contribution is 2.33. The van der Waals surface area contributed by atoms with Crippen LogP contribution in [0.25, 0.3) is 0 Å². The van der Waals surface area contributed by atoms with E-state index >= 15 is 0 Å². The van der Waals surface area contributed by atoms with Crippen LogP contribution in [0.15, 0.2) is 170 Å². The van der Waals surface area contributed by atoms with Crippen molar-refractivity contribution in [2.45, 2.75) is 148 Å². The normalized spacial score (nSPS) is 12.9. The van der Waals surface area contributed by atoms with Gasteiger partial charge in [0.15, 0.2) is 0 Å². The van der Waals surface area contributed by atoms with E-state index in [-0.39, 0.29) is 91.8 Å². The van der Waals surface area contributed by atoms with Crippen molar-refractivity contribution in [1.82, 2.24) is 21.3 Å². The number of benzene rings is 1. The maximum absolute atomic E-state index is 13.5. The molecule has 0 bridgehead atoms. The smallest absolute Gasteiger partial charge is 0.407 e.